The Kier molecular flexibility index (Phi) is 3.79. The van der Waals surface area contributed by atoms with Crippen molar-refractivity contribution in [3.05, 3.63) is 89.7 Å². The molecule has 0 aliphatic carbocycles. The van der Waals surface area contributed by atoms with E-state index in [4.69, 9.17) is 9.73 Å². The van der Waals surface area contributed by atoms with Crippen molar-refractivity contribution in [2.45, 2.75) is 10.1 Å². The zero-order valence-corrected chi connectivity index (χ0v) is 14.7. The molecule has 0 saturated heterocycles. The van der Waals surface area contributed by atoms with Crippen molar-refractivity contribution in [3.8, 4) is 5.75 Å². The lowest BCUT2D eigenvalue weighted by atomic mass is 9.88. The first kappa shape index (κ1) is 15.6. The first-order chi connectivity index (χ1) is 12.8. The van der Waals surface area contributed by atoms with Crippen molar-refractivity contribution in [3.63, 3.8) is 0 Å². The molecule has 0 spiro atoms. The number of halogens is 1. The van der Waals surface area contributed by atoms with Crippen LogP contribution in [0.25, 0.3) is 0 Å². The number of nitrogens with zero attached hydrogens (tertiary/aromatic N) is 1. The third kappa shape index (κ3) is 2.61. The van der Waals surface area contributed by atoms with Crippen molar-refractivity contribution >= 4 is 23.2 Å². The smallest absolute Gasteiger partial charge is 0.128 e. The Balaban J connectivity index is 1.72. The molecule has 2 atom stereocenters. The maximum absolute atomic E-state index is 14.0. The van der Waals surface area contributed by atoms with E-state index in [1.165, 1.54) is 11.6 Å². The number of thioether (sulfide) groups is 1. The fourth-order valence-electron chi connectivity index (χ4n) is 3.60. The lowest BCUT2D eigenvalue weighted by Gasteiger charge is -2.31. The predicted octanol–water partition coefficient (Wildman–Crippen LogP) is 5.80. The number of aliphatic imine (C=N–C) groups is 1. The number of hydrogen-bond acceptors (Lipinski definition) is 3. The summed E-state index contributed by atoms with van der Waals surface area (Å²) >= 11 is 1.81. The predicted molar refractivity (Wildman–Crippen MR) is 103 cm³/mol. The minimum absolute atomic E-state index is 0.0594. The quantitative estimate of drug-likeness (QED) is 0.546. The molecule has 2 nitrogen and oxygen atoms in total. The molecule has 2 aliphatic heterocycles. The van der Waals surface area contributed by atoms with Crippen LogP contribution in [0.5, 0.6) is 5.75 Å². The van der Waals surface area contributed by atoms with Crippen LogP contribution in [0.15, 0.2) is 82.7 Å². The topological polar surface area (TPSA) is 21.6 Å². The number of para-hydroxylation sites is 1. The maximum atomic E-state index is 14.0. The summed E-state index contributed by atoms with van der Waals surface area (Å²) in [5, 5.41) is 0.162. The molecule has 4 heteroatoms. The highest BCUT2D eigenvalue weighted by molar-refractivity contribution is 7.99. The largest absolute Gasteiger partial charge is 0.492 e. The number of fused-ring (bicyclic) bond motifs is 4. The van der Waals surface area contributed by atoms with Gasteiger partial charge in [0.2, 0.25) is 0 Å². The van der Waals surface area contributed by atoms with Gasteiger partial charge in [-0.3, -0.25) is 4.99 Å². The molecule has 0 aromatic heterocycles. The Morgan fingerprint density at radius 1 is 0.962 bits per heavy atom. The van der Waals surface area contributed by atoms with Crippen molar-refractivity contribution in [1.82, 2.24) is 0 Å². The standard InChI is InChI=1S/C22H16FNOS/c23-15-10-11-19-16(12-15)21-17(13-25-19)22(14-6-2-1-3-7-14)26-20-9-5-4-8-18(20)24-21/h1-12,17,22H,13H2/t17-,22+/m1/s1. The fourth-order valence-corrected chi connectivity index (χ4v) is 4.93. The van der Waals surface area contributed by atoms with Crippen molar-refractivity contribution in [1.29, 1.82) is 0 Å². The Bertz CT molecular complexity index is 1000. The molecule has 0 N–H and O–H groups in total. The molecule has 0 radical (unpaired) electrons. The van der Waals surface area contributed by atoms with Gasteiger partial charge in [0.05, 0.1) is 23.9 Å². The summed E-state index contributed by atoms with van der Waals surface area (Å²) in [4.78, 5) is 6.11. The van der Waals surface area contributed by atoms with Gasteiger partial charge in [-0.2, -0.15) is 0 Å². The van der Waals surface area contributed by atoms with E-state index >= 15 is 0 Å². The Labute approximate surface area is 155 Å². The zero-order valence-electron chi connectivity index (χ0n) is 13.9. The Morgan fingerprint density at radius 2 is 1.77 bits per heavy atom. The van der Waals surface area contributed by atoms with Gasteiger partial charge in [-0.05, 0) is 35.9 Å². The van der Waals surface area contributed by atoms with E-state index in [2.05, 4.69) is 30.3 Å². The molecule has 128 valence electrons. The second-order valence-corrected chi connectivity index (χ2v) is 7.66. The molecular weight excluding hydrogens is 345 g/mol. The molecule has 5 rings (SSSR count). The highest BCUT2D eigenvalue weighted by atomic mass is 32.2. The zero-order chi connectivity index (χ0) is 17.5. The van der Waals surface area contributed by atoms with Crippen LogP contribution in [-0.2, 0) is 0 Å². The Hall–Kier alpha value is -2.59. The number of ether oxygens (including phenoxy) is 1. The van der Waals surface area contributed by atoms with E-state index in [9.17, 15) is 4.39 Å². The highest BCUT2D eigenvalue weighted by Gasteiger charge is 2.37. The molecular formula is C22H16FNOS. The van der Waals surface area contributed by atoms with Gasteiger partial charge < -0.3 is 4.74 Å². The molecule has 0 fully saturated rings. The van der Waals surface area contributed by atoms with Gasteiger partial charge in [0.25, 0.3) is 0 Å². The lowest BCUT2D eigenvalue weighted by molar-refractivity contribution is 0.271. The SMILES string of the molecule is Fc1ccc2c(c1)C1=Nc3ccccc3S[C@@H](c3ccccc3)[C@@H]1CO2. The summed E-state index contributed by atoms with van der Waals surface area (Å²) < 4.78 is 19.9. The fraction of sp³-hybridized carbons (Fsp3) is 0.136. The third-order valence-electron chi connectivity index (χ3n) is 4.84. The van der Waals surface area contributed by atoms with Crippen LogP contribution in [-0.4, -0.2) is 12.3 Å². The second kappa shape index (κ2) is 6.29. The van der Waals surface area contributed by atoms with Gasteiger partial charge in [-0.25, -0.2) is 4.39 Å². The van der Waals surface area contributed by atoms with Crippen LogP contribution < -0.4 is 4.74 Å². The van der Waals surface area contributed by atoms with E-state index in [0.717, 1.165) is 21.9 Å². The van der Waals surface area contributed by atoms with E-state index in [0.29, 0.717) is 12.4 Å². The minimum atomic E-state index is -0.267. The van der Waals surface area contributed by atoms with Crippen LogP contribution in [0.2, 0.25) is 0 Å². The van der Waals surface area contributed by atoms with Crippen LogP contribution in [0.1, 0.15) is 16.4 Å². The van der Waals surface area contributed by atoms with Gasteiger partial charge >= 0.3 is 0 Å². The Morgan fingerprint density at radius 3 is 2.65 bits per heavy atom. The first-order valence-corrected chi connectivity index (χ1v) is 9.49. The molecule has 0 bridgehead atoms. The summed E-state index contributed by atoms with van der Waals surface area (Å²) in [5.41, 5.74) is 3.85. The van der Waals surface area contributed by atoms with Gasteiger partial charge in [-0.15, -0.1) is 11.8 Å². The molecule has 0 saturated carbocycles. The van der Waals surface area contributed by atoms with Crippen molar-refractivity contribution < 1.29 is 9.13 Å². The number of rotatable bonds is 1. The molecule has 0 amide bonds. The summed E-state index contributed by atoms with van der Waals surface area (Å²) in [5.74, 6) is 0.499. The molecule has 2 aliphatic rings. The summed E-state index contributed by atoms with van der Waals surface area (Å²) in [6.45, 7) is 0.540. The van der Waals surface area contributed by atoms with Gasteiger partial charge in [-0.1, -0.05) is 42.5 Å². The van der Waals surface area contributed by atoms with Crippen LogP contribution >= 0.6 is 11.8 Å². The summed E-state index contributed by atoms with van der Waals surface area (Å²) in [7, 11) is 0. The van der Waals surface area contributed by atoms with Crippen LogP contribution in [0.3, 0.4) is 0 Å². The third-order valence-corrected chi connectivity index (χ3v) is 6.29. The average Bonchev–Trinajstić information content (AvgIpc) is 2.85. The molecule has 3 aromatic rings. The second-order valence-electron chi connectivity index (χ2n) is 6.47. The summed E-state index contributed by atoms with van der Waals surface area (Å²) in [6, 6.07) is 23.3. The van der Waals surface area contributed by atoms with Gasteiger partial charge in [0.15, 0.2) is 0 Å². The molecule has 2 heterocycles. The monoisotopic (exact) mass is 361 g/mol. The average molecular weight is 361 g/mol. The van der Waals surface area contributed by atoms with Crippen LogP contribution in [0, 0.1) is 11.7 Å². The van der Waals surface area contributed by atoms with E-state index in [1.54, 1.807) is 12.1 Å². The van der Waals surface area contributed by atoms with Gasteiger partial charge in [0.1, 0.15) is 11.6 Å². The molecule has 3 aromatic carbocycles. The highest BCUT2D eigenvalue weighted by Crippen LogP contribution is 2.50. The first-order valence-electron chi connectivity index (χ1n) is 8.61. The minimum Gasteiger partial charge on any atom is -0.492 e. The van der Waals surface area contributed by atoms with Crippen LogP contribution in [0.4, 0.5) is 10.1 Å². The number of hydrogen-bond donors (Lipinski definition) is 0. The summed E-state index contributed by atoms with van der Waals surface area (Å²) in [6.07, 6.45) is 0. The maximum Gasteiger partial charge on any atom is 0.128 e. The van der Waals surface area contributed by atoms with E-state index in [-0.39, 0.29) is 17.0 Å². The van der Waals surface area contributed by atoms with E-state index < -0.39 is 0 Å². The van der Waals surface area contributed by atoms with Crippen molar-refractivity contribution in [2.24, 2.45) is 10.9 Å². The lowest BCUT2D eigenvalue weighted by Crippen LogP contribution is -2.32. The van der Waals surface area contributed by atoms with Gasteiger partial charge in [0, 0.05) is 15.7 Å². The molecule has 26 heavy (non-hydrogen) atoms. The normalized spacial score (nSPS) is 20.7. The number of benzene rings is 3. The van der Waals surface area contributed by atoms with E-state index in [1.807, 2.05) is 36.0 Å². The van der Waals surface area contributed by atoms with Crippen molar-refractivity contribution in [2.75, 3.05) is 6.61 Å². The molecule has 0 unspecified atom stereocenters.